The summed E-state index contributed by atoms with van der Waals surface area (Å²) in [6, 6.07) is 5.12. The second-order valence-electron chi connectivity index (χ2n) is 5.07. The van der Waals surface area contributed by atoms with Crippen molar-refractivity contribution in [3.63, 3.8) is 0 Å². The van der Waals surface area contributed by atoms with Crippen LogP contribution in [-0.2, 0) is 4.79 Å². The third-order valence-corrected chi connectivity index (χ3v) is 2.86. The van der Waals surface area contributed by atoms with Gasteiger partial charge in [-0.15, -0.1) is 0 Å². The molecule has 0 unspecified atom stereocenters. The maximum atomic E-state index is 11.7. The highest BCUT2D eigenvalue weighted by molar-refractivity contribution is 6.39. The Morgan fingerprint density at radius 2 is 1.78 bits per heavy atom. The van der Waals surface area contributed by atoms with E-state index in [2.05, 4.69) is 31.4 Å². The van der Waals surface area contributed by atoms with Crippen molar-refractivity contribution in [2.24, 2.45) is 0 Å². The minimum Gasteiger partial charge on any atom is -0.324 e. The van der Waals surface area contributed by atoms with Crippen LogP contribution < -0.4 is 10.6 Å². The van der Waals surface area contributed by atoms with E-state index < -0.39 is 0 Å². The SMILES string of the molecule is CC(C)(C)NCCC(=O)Nc1c(Cl)cccc1Cl. The van der Waals surface area contributed by atoms with Gasteiger partial charge < -0.3 is 10.6 Å². The van der Waals surface area contributed by atoms with E-state index in [1.165, 1.54) is 0 Å². The molecule has 0 saturated carbocycles. The highest BCUT2D eigenvalue weighted by Crippen LogP contribution is 2.29. The summed E-state index contributed by atoms with van der Waals surface area (Å²) in [7, 11) is 0. The van der Waals surface area contributed by atoms with Crippen molar-refractivity contribution in [2.75, 3.05) is 11.9 Å². The molecule has 100 valence electrons. The number of hydrogen-bond acceptors (Lipinski definition) is 2. The first-order valence-corrected chi connectivity index (χ1v) is 6.54. The summed E-state index contributed by atoms with van der Waals surface area (Å²) in [5.74, 6) is -0.109. The third kappa shape index (κ3) is 5.25. The van der Waals surface area contributed by atoms with Crippen LogP contribution in [0.5, 0.6) is 0 Å². The van der Waals surface area contributed by atoms with Gasteiger partial charge in [0, 0.05) is 18.5 Å². The zero-order valence-electron chi connectivity index (χ0n) is 10.8. The van der Waals surface area contributed by atoms with Crippen LogP contribution >= 0.6 is 23.2 Å². The van der Waals surface area contributed by atoms with Gasteiger partial charge >= 0.3 is 0 Å². The molecular formula is C13H18Cl2N2O. The Kier molecular flexibility index (Phi) is 5.45. The Balaban J connectivity index is 2.50. The number of anilines is 1. The molecule has 0 atom stereocenters. The second-order valence-corrected chi connectivity index (χ2v) is 5.89. The molecule has 1 rings (SSSR count). The fourth-order valence-corrected chi connectivity index (χ4v) is 1.86. The van der Waals surface area contributed by atoms with Gasteiger partial charge in [0.1, 0.15) is 0 Å². The van der Waals surface area contributed by atoms with Crippen molar-refractivity contribution in [1.82, 2.24) is 5.32 Å². The topological polar surface area (TPSA) is 41.1 Å². The van der Waals surface area contributed by atoms with E-state index in [1.54, 1.807) is 18.2 Å². The molecule has 2 N–H and O–H groups in total. The summed E-state index contributed by atoms with van der Waals surface area (Å²) in [5, 5.41) is 6.85. The molecule has 0 aliphatic rings. The minimum absolute atomic E-state index is 0.00230. The lowest BCUT2D eigenvalue weighted by molar-refractivity contribution is -0.116. The van der Waals surface area contributed by atoms with Crippen LogP contribution in [0.4, 0.5) is 5.69 Å². The summed E-state index contributed by atoms with van der Waals surface area (Å²) in [4.78, 5) is 11.7. The van der Waals surface area contributed by atoms with Crippen molar-refractivity contribution in [1.29, 1.82) is 0 Å². The van der Waals surface area contributed by atoms with Crippen LogP contribution in [0, 0.1) is 0 Å². The molecule has 0 radical (unpaired) electrons. The molecule has 0 saturated heterocycles. The molecule has 0 aliphatic heterocycles. The number of para-hydroxylation sites is 1. The van der Waals surface area contributed by atoms with E-state index in [-0.39, 0.29) is 11.4 Å². The van der Waals surface area contributed by atoms with Crippen LogP contribution in [0.1, 0.15) is 27.2 Å². The van der Waals surface area contributed by atoms with E-state index in [1.807, 2.05) is 0 Å². The predicted molar refractivity (Wildman–Crippen MR) is 77.5 cm³/mol. The molecule has 1 aromatic carbocycles. The Hall–Kier alpha value is -0.770. The molecule has 0 fully saturated rings. The van der Waals surface area contributed by atoms with Gasteiger partial charge in [-0.3, -0.25) is 4.79 Å². The zero-order valence-corrected chi connectivity index (χ0v) is 12.3. The molecular weight excluding hydrogens is 271 g/mol. The molecule has 18 heavy (non-hydrogen) atoms. The molecule has 0 aromatic heterocycles. The van der Waals surface area contributed by atoms with Gasteiger partial charge in [0.2, 0.25) is 5.91 Å². The molecule has 0 aliphatic carbocycles. The van der Waals surface area contributed by atoms with E-state index in [0.717, 1.165) is 0 Å². The maximum absolute atomic E-state index is 11.7. The summed E-state index contributed by atoms with van der Waals surface area (Å²) >= 11 is 11.9. The van der Waals surface area contributed by atoms with Gasteiger partial charge in [-0.2, -0.15) is 0 Å². The van der Waals surface area contributed by atoms with Gasteiger partial charge in [0.05, 0.1) is 15.7 Å². The second kappa shape index (κ2) is 6.41. The van der Waals surface area contributed by atoms with Gasteiger partial charge in [0.25, 0.3) is 0 Å². The van der Waals surface area contributed by atoms with Crippen LogP contribution in [0.2, 0.25) is 10.0 Å². The van der Waals surface area contributed by atoms with E-state index in [9.17, 15) is 4.79 Å². The number of carbonyl (C=O) groups excluding carboxylic acids is 1. The van der Waals surface area contributed by atoms with Crippen molar-refractivity contribution in [3.05, 3.63) is 28.2 Å². The molecule has 1 aromatic rings. The third-order valence-electron chi connectivity index (χ3n) is 2.23. The van der Waals surface area contributed by atoms with Crippen LogP contribution in [0.15, 0.2) is 18.2 Å². The fraction of sp³-hybridized carbons (Fsp3) is 0.462. The number of amides is 1. The molecule has 0 spiro atoms. The standard InChI is InChI=1S/C13H18Cl2N2O/c1-13(2,3)16-8-7-11(18)17-12-9(14)5-4-6-10(12)15/h4-6,16H,7-8H2,1-3H3,(H,17,18). The summed E-state index contributed by atoms with van der Waals surface area (Å²) in [6.45, 7) is 6.76. The predicted octanol–water partition coefficient (Wildman–Crippen LogP) is 3.71. The normalized spacial score (nSPS) is 11.4. The van der Waals surface area contributed by atoms with Crippen molar-refractivity contribution < 1.29 is 4.79 Å². The number of rotatable bonds is 4. The van der Waals surface area contributed by atoms with Crippen molar-refractivity contribution in [2.45, 2.75) is 32.7 Å². The number of hydrogen-bond donors (Lipinski definition) is 2. The van der Waals surface area contributed by atoms with E-state index >= 15 is 0 Å². The summed E-state index contributed by atoms with van der Waals surface area (Å²) < 4.78 is 0. The molecule has 3 nitrogen and oxygen atoms in total. The van der Waals surface area contributed by atoms with Crippen LogP contribution in [0.25, 0.3) is 0 Å². The summed E-state index contributed by atoms with van der Waals surface area (Å²) in [6.07, 6.45) is 0.374. The Morgan fingerprint density at radius 3 is 2.28 bits per heavy atom. The Bertz CT molecular complexity index is 407. The number of halogens is 2. The average Bonchev–Trinajstić information content (AvgIpc) is 2.22. The fourth-order valence-electron chi connectivity index (χ4n) is 1.37. The monoisotopic (exact) mass is 288 g/mol. The lowest BCUT2D eigenvalue weighted by Gasteiger charge is -2.20. The molecule has 5 heteroatoms. The first-order chi connectivity index (χ1) is 8.29. The van der Waals surface area contributed by atoms with Gasteiger partial charge in [-0.1, -0.05) is 29.3 Å². The van der Waals surface area contributed by atoms with Gasteiger partial charge in [-0.05, 0) is 32.9 Å². The van der Waals surface area contributed by atoms with Gasteiger partial charge in [0.15, 0.2) is 0 Å². The highest BCUT2D eigenvalue weighted by Gasteiger charge is 2.12. The van der Waals surface area contributed by atoms with Crippen molar-refractivity contribution in [3.8, 4) is 0 Å². The Labute approximate surface area is 118 Å². The first kappa shape index (κ1) is 15.3. The Morgan fingerprint density at radius 1 is 1.22 bits per heavy atom. The van der Waals surface area contributed by atoms with Crippen LogP contribution in [-0.4, -0.2) is 18.0 Å². The smallest absolute Gasteiger partial charge is 0.225 e. The van der Waals surface area contributed by atoms with E-state index in [4.69, 9.17) is 23.2 Å². The highest BCUT2D eigenvalue weighted by atomic mass is 35.5. The van der Waals surface area contributed by atoms with Crippen molar-refractivity contribution >= 4 is 34.8 Å². The maximum Gasteiger partial charge on any atom is 0.225 e. The number of nitrogens with one attached hydrogen (secondary N) is 2. The molecule has 0 heterocycles. The number of carbonyl (C=O) groups is 1. The number of benzene rings is 1. The average molecular weight is 289 g/mol. The zero-order chi connectivity index (χ0) is 13.8. The molecule has 0 bridgehead atoms. The minimum atomic E-state index is -0.109. The van der Waals surface area contributed by atoms with Gasteiger partial charge in [-0.25, -0.2) is 0 Å². The first-order valence-electron chi connectivity index (χ1n) is 5.78. The largest absolute Gasteiger partial charge is 0.324 e. The lowest BCUT2D eigenvalue weighted by atomic mass is 10.1. The van der Waals surface area contributed by atoms with E-state index in [0.29, 0.717) is 28.7 Å². The molecule has 1 amide bonds. The quantitative estimate of drug-likeness (QED) is 0.887. The van der Waals surface area contributed by atoms with Crippen LogP contribution in [0.3, 0.4) is 0 Å². The summed E-state index contributed by atoms with van der Waals surface area (Å²) in [5.41, 5.74) is 0.476. The lowest BCUT2D eigenvalue weighted by Crippen LogP contribution is -2.37.